The molecule has 7 aromatic rings. The van der Waals surface area contributed by atoms with Crippen molar-refractivity contribution in [2.75, 3.05) is 0 Å². The highest BCUT2D eigenvalue weighted by molar-refractivity contribution is 6.09. The molecule has 0 amide bonds. The predicted molar refractivity (Wildman–Crippen MR) is 185 cm³/mol. The lowest BCUT2D eigenvalue weighted by Crippen LogP contribution is -2.00. The van der Waals surface area contributed by atoms with Crippen LogP contribution in [0.25, 0.3) is 44.4 Å². The Morgan fingerprint density at radius 2 is 1.56 bits per heavy atom. The number of nitrogens with zero attached hydrogens (tertiary/aromatic N) is 4. The Morgan fingerprint density at radius 1 is 0.733 bits per heavy atom. The third-order valence-electron chi connectivity index (χ3n) is 8.55. The van der Waals surface area contributed by atoms with Crippen molar-refractivity contribution >= 4 is 21.8 Å². The van der Waals surface area contributed by atoms with Gasteiger partial charge in [-0.1, -0.05) is 63.2 Å². The van der Waals surface area contributed by atoms with E-state index in [2.05, 4.69) is 124 Å². The summed E-state index contributed by atoms with van der Waals surface area (Å²) in [6.07, 6.45) is 3.91. The van der Waals surface area contributed by atoms with Gasteiger partial charge in [-0.15, -0.1) is 0 Å². The molecule has 3 aromatic heterocycles. The maximum absolute atomic E-state index is 6.54. The third-order valence-corrected chi connectivity index (χ3v) is 8.55. The number of aromatic nitrogens is 4. The van der Waals surface area contributed by atoms with Crippen LogP contribution in [-0.2, 0) is 12.8 Å². The van der Waals surface area contributed by atoms with Crippen molar-refractivity contribution in [2.24, 2.45) is 5.92 Å². The van der Waals surface area contributed by atoms with Crippen molar-refractivity contribution in [1.29, 1.82) is 0 Å². The van der Waals surface area contributed by atoms with E-state index in [1.807, 2.05) is 29.1 Å². The van der Waals surface area contributed by atoms with Crippen molar-refractivity contribution in [3.8, 4) is 34.1 Å². The van der Waals surface area contributed by atoms with Gasteiger partial charge in [-0.25, -0.2) is 9.67 Å². The first kappa shape index (κ1) is 28.6. The van der Waals surface area contributed by atoms with E-state index < -0.39 is 0 Å². The normalized spacial score (nSPS) is 11.6. The highest BCUT2D eigenvalue weighted by atomic mass is 16.5. The molecule has 7 rings (SSSR count). The van der Waals surface area contributed by atoms with Gasteiger partial charge in [0.05, 0.1) is 22.4 Å². The van der Waals surface area contributed by atoms with E-state index in [9.17, 15) is 0 Å². The van der Waals surface area contributed by atoms with Gasteiger partial charge in [0, 0.05) is 40.4 Å². The van der Waals surface area contributed by atoms with Crippen molar-refractivity contribution in [3.05, 3.63) is 132 Å². The average Bonchev–Trinajstić information content (AvgIpc) is 3.53. The number of benzene rings is 4. The summed E-state index contributed by atoms with van der Waals surface area (Å²) in [4.78, 5) is 4.81. The highest BCUT2D eigenvalue weighted by Gasteiger charge is 2.17. The Morgan fingerprint density at radius 3 is 2.36 bits per heavy atom. The smallest absolute Gasteiger partial charge is 0.137 e. The molecule has 0 bridgehead atoms. The summed E-state index contributed by atoms with van der Waals surface area (Å²) in [6.45, 7) is 10.9. The summed E-state index contributed by atoms with van der Waals surface area (Å²) >= 11 is 0. The molecule has 5 heteroatoms. The van der Waals surface area contributed by atoms with Crippen LogP contribution in [0, 0.1) is 19.8 Å². The molecule has 0 aliphatic carbocycles. The fourth-order valence-corrected chi connectivity index (χ4v) is 6.49. The zero-order valence-corrected chi connectivity index (χ0v) is 26.6. The molecular formula is C40H38N4O. The Labute approximate surface area is 264 Å². The number of fused-ring (bicyclic) bond motifs is 3. The van der Waals surface area contributed by atoms with Gasteiger partial charge in [0.15, 0.2) is 0 Å². The van der Waals surface area contributed by atoms with E-state index in [-0.39, 0.29) is 0 Å². The van der Waals surface area contributed by atoms with Crippen molar-refractivity contribution in [3.63, 3.8) is 0 Å². The second-order valence-corrected chi connectivity index (χ2v) is 12.3. The molecule has 0 N–H and O–H groups in total. The molecule has 3 heterocycles. The lowest BCUT2D eigenvalue weighted by molar-refractivity contribution is 0.482. The van der Waals surface area contributed by atoms with Gasteiger partial charge in [0.25, 0.3) is 0 Å². The van der Waals surface area contributed by atoms with Crippen molar-refractivity contribution in [1.82, 2.24) is 19.3 Å². The monoisotopic (exact) mass is 590 g/mol. The third kappa shape index (κ3) is 5.40. The van der Waals surface area contributed by atoms with Crippen LogP contribution in [0.5, 0.6) is 11.5 Å². The number of aryl methyl sites for hydroxylation is 2. The SMILES string of the molecule is CCc1ccnc(-n2c3ccc(CC(C)C)cc3c3ccc(Oc4cccc(-n5nc(C)c(-c6ccccc6)c5C)c4)cc32)c1. The average molecular weight is 591 g/mol. The number of hydrogen-bond acceptors (Lipinski definition) is 3. The Bertz CT molecular complexity index is 2150. The molecule has 0 aliphatic heterocycles. The van der Waals surface area contributed by atoms with Crippen molar-refractivity contribution in [2.45, 2.75) is 47.5 Å². The quantitative estimate of drug-likeness (QED) is 0.177. The Balaban J connectivity index is 1.30. The first-order valence-corrected chi connectivity index (χ1v) is 15.8. The topological polar surface area (TPSA) is 44.9 Å². The number of hydrogen-bond donors (Lipinski definition) is 0. The van der Waals surface area contributed by atoms with Gasteiger partial charge < -0.3 is 4.74 Å². The van der Waals surface area contributed by atoms with Crippen molar-refractivity contribution < 1.29 is 4.74 Å². The molecule has 224 valence electrons. The minimum atomic E-state index is 0.592. The zero-order valence-electron chi connectivity index (χ0n) is 26.6. The van der Waals surface area contributed by atoms with Gasteiger partial charge in [0.1, 0.15) is 17.3 Å². The summed E-state index contributed by atoms with van der Waals surface area (Å²) in [5.41, 5.74) is 10.2. The van der Waals surface area contributed by atoms with Crippen LogP contribution in [0.2, 0.25) is 0 Å². The largest absolute Gasteiger partial charge is 0.457 e. The molecule has 45 heavy (non-hydrogen) atoms. The van der Waals surface area contributed by atoms with Gasteiger partial charge in [-0.05, 0) is 97.8 Å². The minimum Gasteiger partial charge on any atom is -0.457 e. The molecule has 0 atom stereocenters. The van der Waals surface area contributed by atoms with Gasteiger partial charge >= 0.3 is 0 Å². The summed E-state index contributed by atoms with van der Waals surface area (Å²) in [5.74, 6) is 3.04. The number of pyridine rings is 1. The van der Waals surface area contributed by atoms with Gasteiger partial charge in [-0.2, -0.15) is 5.10 Å². The second-order valence-electron chi connectivity index (χ2n) is 12.3. The molecule has 0 fully saturated rings. The molecule has 4 aromatic carbocycles. The van der Waals surface area contributed by atoms with Crippen LogP contribution >= 0.6 is 0 Å². The Hall–Kier alpha value is -5.16. The predicted octanol–water partition coefficient (Wildman–Crippen LogP) is 10.2. The van der Waals surface area contributed by atoms with E-state index in [1.54, 1.807) is 0 Å². The highest BCUT2D eigenvalue weighted by Crippen LogP contribution is 2.36. The van der Waals surface area contributed by atoms with E-state index in [4.69, 9.17) is 14.8 Å². The van der Waals surface area contributed by atoms with Crippen LogP contribution in [-0.4, -0.2) is 19.3 Å². The van der Waals surface area contributed by atoms with E-state index in [1.165, 1.54) is 27.5 Å². The van der Waals surface area contributed by atoms with Crippen LogP contribution in [0.15, 0.2) is 109 Å². The summed E-state index contributed by atoms with van der Waals surface area (Å²) < 4.78 is 10.8. The summed E-state index contributed by atoms with van der Waals surface area (Å²) in [7, 11) is 0. The first-order valence-electron chi connectivity index (χ1n) is 15.8. The van der Waals surface area contributed by atoms with Crippen LogP contribution < -0.4 is 4.74 Å². The van der Waals surface area contributed by atoms with Gasteiger partial charge in [-0.3, -0.25) is 4.57 Å². The molecule has 0 unspecified atom stereocenters. The maximum atomic E-state index is 6.54. The second kappa shape index (κ2) is 11.7. The summed E-state index contributed by atoms with van der Waals surface area (Å²) in [6, 6.07) is 36.1. The minimum absolute atomic E-state index is 0.592. The van der Waals surface area contributed by atoms with E-state index >= 15 is 0 Å². The van der Waals surface area contributed by atoms with Crippen LogP contribution in [0.1, 0.15) is 43.3 Å². The molecule has 0 saturated heterocycles. The van der Waals surface area contributed by atoms with Gasteiger partial charge in [0.2, 0.25) is 0 Å². The van der Waals surface area contributed by atoms with E-state index in [0.29, 0.717) is 5.92 Å². The lowest BCUT2D eigenvalue weighted by atomic mass is 10.0. The molecule has 0 aliphatic rings. The maximum Gasteiger partial charge on any atom is 0.137 e. The molecule has 0 spiro atoms. The van der Waals surface area contributed by atoms with Crippen LogP contribution in [0.4, 0.5) is 0 Å². The summed E-state index contributed by atoms with van der Waals surface area (Å²) in [5, 5.41) is 7.33. The van der Waals surface area contributed by atoms with E-state index in [0.717, 1.165) is 63.8 Å². The van der Waals surface area contributed by atoms with Crippen LogP contribution in [0.3, 0.4) is 0 Å². The molecule has 5 nitrogen and oxygen atoms in total. The molecular weight excluding hydrogens is 552 g/mol. The lowest BCUT2D eigenvalue weighted by Gasteiger charge is -2.11. The fourth-order valence-electron chi connectivity index (χ4n) is 6.49. The molecule has 0 saturated carbocycles. The Kier molecular flexibility index (Phi) is 7.46. The first-order chi connectivity index (χ1) is 21.9. The number of rotatable bonds is 8. The zero-order chi connectivity index (χ0) is 31.1. The molecule has 0 radical (unpaired) electrons. The number of ether oxygens (including phenoxy) is 1. The standard InChI is InChI=1S/C40H38N4O/c1-6-29-19-20-41-39(23-29)43-37-18-15-30(21-26(2)3)22-36(37)35-17-16-34(25-38(35)43)45-33-14-10-13-32(24-33)44-28(5)40(27(4)42-44)31-11-8-7-9-12-31/h7-20,22-26H,6,21H2,1-5H3. The fraction of sp³-hybridized carbons (Fsp3) is 0.200.